The van der Waals surface area contributed by atoms with Gasteiger partial charge >= 0.3 is 0 Å². The molecule has 14 heavy (non-hydrogen) atoms. The molecule has 1 aromatic carbocycles. The Labute approximate surface area is 86.5 Å². The van der Waals surface area contributed by atoms with E-state index in [0.717, 1.165) is 25.9 Å². The van der Waals surface area contributed by atoms with Gasteiger partial charge in [0.05, 0.1) is 0 Å². The van der Waals surface area contributed by atoms with Crippen LogP contribution < -0.4 is 11.1 Å². The summed E-state index contributed by atoms with van der Waals surface area (Å²) in [4.78, 5) is 0. The largest absolute Gasteiger partial charge is 0.330 e. The lowest BCUT2D eigenvalue weighted by Gasteiger charge is -2.16. The van der Waals surface area contributed by atoms with Gasteiger partial charge in [-0.05, 0) is 31.5 Å². The first-order valence-electron chi connectivity index (χ1n) is 5.34. The molecule has 0 bridgehead atoms. The number of nitrogens with one attached hydrogen (secondary N) is 1. The number of nitrogens with two attached hydrogens (primary N) is 1. The third-order valence-electron chi connectivity index (χ3n) is 2.33. The zero-order valence-electron chi connectivity index (χ0n) is 8.87. The van der Waals surface area contributed by atoms with Crippen molar-refractivity contribution in [2.75, 3.05) is 13.1 Å². The average molecular weight is 192 g/mol. The molecular formula is C12H20N2. The van der Waals surface area contributed by atoms with Crippen molar-refractivity contribution in [1.82, 2.24) is 5.32 Å². The van der Waals surface area contributed by atoms with Gasteiger partial charge in [-0.2, -0.15) is 0 Å². The molecule has 1 atom stereocenters. The molecule has 0 spiro atoms. The van der Waals surface area contributed by atoms with Crippen molar-refractivity contribution in [3.8, 4) is 0 Å². The molecule has 3 N–H and O–H groups in total. The Bertz CT molecular complexity index is 227. The molecule has 0 unspecified atom stereocenters. The highest BCUT2D eigenvalue weighted by molar-refractivity contribution is 5.15. The SMILES string of the molecule is CCN[C@H](CCN)Cc1ccccc1. The first-order chi connectivity index (χ1) is 6.86. The Morgan fingerprint density at radius 2 is 2.00 bits per heavy atom. The summed E-state index contributed by atoms with van der Waals surface area (Å²) in [7, 11) is 0. The highest BCUT2D eigenvalue weighted by Gasteiger charge is 2.06. The van der Waals surface area contributed by atoms with E-state index in [1.54, 1.807) is 0 Å². The van der Waals surface area contributed by atoms with E-state index in [4.69, 9.17) is 5.73 Å². The van der Waals surface area contributed by atoms with Gasteiger partial charge in [0.15, 0.2) is 0 Å². The number of hydrogen-bond donors (Lipinski definition) is 2. The van der Waals surface area contributed by atoms with Gasteiger partial charge < -0.3 is 11.1 Å². The molecule has 0 saturated carbocycles. The van der Waals surface area contributed by atoms with Gasteiger partial charge in [-0.15, -0.1) is 0 Å². The molecule has 1 rings (SSSR count). The number of hydrogen-bond acceptors (Lipinski definition) is 2. The van der Waals surface area contributed by atoms with Crippen LogP contribution in [0.5, 0.6) is 0 Å². The van der Waals surface area contributed by atoms with Gasteiger partial charge in [-0.1, -0.05) is 37.3 Å². The summed E-state index contributed by atoms with van der Waals surface area (Å²) in [6.07, 6.45) is 2.12. The maximum absolute atomic E-state index is 5.57. The van der Waals surface area contributed by atoms with E-state index in [2.05, 4.69) is 42.6 Å². The van der Waals surface area contributed by atoms with E-state index in [-0.39, 0.29) is 0 Å². The molecule has 0 aliphatic heterocycles. The number of benzene rings is 1. The minimum atomic E-state index is 0.521. The Kier molecular flexibility index (Phi) is 5.27. The second-order valence-corrected chi connectivity index (χ2v) is 3.52. The van der Waals surface area contributed by atoms with E-state index >= 15 is 0 Å². The summed E-state index contributed by atoms with van der Waals surface area (Å²) in [6.45, 7) is 3.90. The Morgan fingerprint density at radius 3 is 2.57 bits per heavy atom. The van der Waals surface area contributed by atoms with Crippen LogP contribution in [-0.4, -0.2) is 19.1 Å². The molecule has 78 valence electrons. The summed E-state index contributed by atoms with van der Waals surface area (Å²) in [5.41, 5.74) is 6.95. The molecule has 0 heterocycles. The van der Waals surface area contributed by atoms with Crippen LogP contribution in [0.15, 0.2) is 30.3 Å². The molecule has 0 radical (unpaired) electrons. The second-order valence-electron chi connectivity index (χ2n) is 3.52. The minimum Gasteiger partial charge on any atom is -0.330 e. The second kappa shape index (κ2) is 6.57. The predicted molar refractivity (Wildman–Crippen MR) is 61.3 cm³/mol. The van der Waals surface area contributed by atoms with Crippen molar-refractivity contribution in [2.24, 2.45) is 5.73 Å². The van der Waals surface area contributed by atoms with Gasteiger partial charge in [0.25, 0.3) is 0 Å². The normalized spacial score (nSPS) is 12.7. The highest BCUT2D eigenvalue weighted by Crippen LogP contribution is 2.04. The van der Waals surface area contributed by atoms with Crippen molar-refractivity contribution in [3.63, 3.8) is 0 Å². The molecular weight excluding hydrogens is 172 g/mol. The predicted octanol–water partition coefficient (Wildman–Crippen LogP) is 1.56. The lowest BCUT2D eigenvalue weighted by molar-refractivity contribution is 0.497. The van der Waals surface area contributed by atoms with Gasteiger partial charge in [0.2, 0.25) is 0 Å². The first kappa shape index (κ1) is 11.2. The van der Waals surface area contributed by atoms with E-state index < -0.39 is 0 Å². The van der Waals surface area contributed by atoms with Crippen molar-refractivity contribution in [1.29, 1.82) is 0 Å². The standard InChI is InChI=1S/C12H20N2/c1-2-14-12(8-9-13)10-11-6-4-3-5-7-11/h3-7,12,14H,2,8-10,13H2,1H3/t12-/m1/s1. The van der Waals surface area contributed by atoms with Crippen LogP contribution in [0, 0.1) is 0 Å². The summed E-state index contributed by atoms with van der Waals surface area (Å²) in [5.74, 6) is 0. The molecule has 1 aromatic rings. The van der Waals surface area contributed by atoms with Crippen molar-refractivity contribution in [2.45, 2.75) is 25.8 Å². The molecule has 0 saturated heterocycles. The van der Waals surface area contributed by atoms with Gasteiger partial charge in [0, 0.05) is 6.04 Å². The molecule has 0 amide bonds. The van der Waals surface area contributed by atoms with E-state index in [0.29, 0.717) is 6.04 Å². The third-order valence-corrected chi connectivity index (χ3v) is 2.33. The summed E-state index contributed by atoms with van der Waals surface area (Å²) < 4.78 is 0. The lowest BCUT2D eigenvalue weighted by atomic mass is 10.0. The van der Waals surface area contributed by atoms with Gasteiger partial charge in [-0.25, -0.2) is 0 Å². The van der Waals surface area contributed by atoms with Crippen molar-refractivity contribution < 1.29 is 0 Å². The zero-order valence-corrected chi connectivity index (χ0v) is 8.87. The fourth-order valence-corrected chi connectivity index (χ4v) is 1.66. The van der Waals surface area contributed by atoms with Gasteiger partial charge in [0.1, 0.15) is 0 Å². The maximum Gasteiger partial charge on any atom is 0.0119 e. The van der Waals surface area contributed by atoms with E-state index in [1.165, 1.54) is 5.56 Å². The Morgan fingerprint density at radius 1 is 1.29 bits per heavy atom. The van der Waals surface area contributed by atoms with Crippen molar-refractivity contribution >= 4 is 0 Å². The molecule has 2 heteroatoms. The zero-order chi connectivity index (χ0) is 10.2. The highest BCUT2D eigenvalue weighted by atomic mass is 14.9. The average Bonchev–Trinajstić information content (AvgIpc) is 2.20. The fraction of sp³-hybridized carbons (Fsp3) is 0.500. The van der Waals surface area contributed by atoms with Crippen LogP contribution in [0.25, 0.3) is 0 Å². The van der Waals surface area contributed by atoms with Crippen LogP contribution in [0.1, 0.15) is 18.9 Å². The third kappa shape index (κ3) is 3.90. The molecule has 2 nitrogen and oxygen atoms in total. The Balaban J connectivity index is 2.46. The summed E-state index contributed by atoms with van der Waals surface area (Å²) in [6, 6.07) is 11.1. The monoisotopic (exact) mass is 192 g/mol. The van der Waals surface area contributed by atoms with Crippen LogP contribution in [0.3, 0.4) is 0 Å². The molecule has 0 aliphatic rings. The van der Waals surface area contributed by atoms with E-state index in [9.17, 15) is 0 Å². The molecule has 0 aliphatic carbocycles. The molecule has 0 fully saturated rings. The first-order valence-corrected chi connectivity index (χ1v) is 5.34. The minimum absolute atomic E-state index is 0.521. The van der Waals surface area contributed by atoms with Crippen LogP contribution in [-0.2, 0) is 6.42 Å². The lowest BCUT2D eigenvalue weighted by Crippen LogP contribution is -2.33. The fourth-order valence-electron chi connectivity index (χ4n) is 1.66. The topological polar surface area (TPSA) is 38.0 Å². The van der Waals surface area contributed by atoms with Crippen LogP contribution in [0.4, 0.5) is 0 Å². The smallest absolute Gasteiger partial charge is 0.0119 e. The van der Waals surface area contributed by atoms with E-state index in [1.807, 2.05) is 0 Å². The van der Waals surface area contributed by atoms with Gasteiger partial charge in [-0.3, -0.25) is 0 Å². The van der Waals surface area contributed by atoms with Crippen molar-refractivity contribution in [3.05, 3.63) is 35.9 Å². The number of rotatable bonds is 6. The molecule has 0 aromatic heterocycles. The summed E-state index contributed by atoms with van der Waals surface area (Å²) in [5, 5.41) is 3.45. The van der Waals surface area contributed by atoms with Crippen LogP contribution in [0.2, 0.25) is 0 Å². The maximum atomic E-state index is 5.57. The number of likely N-dealkylation sites (N-methyl/N-ethyl adjacent to an activating group) is 1. The Hall–Kier alpha value is -0.860. The van der Waals surface area contributed by atoms with Crippen LogP contribution >= 0.6 is 0 Å². The quantitative estimate of drug-likeness (QED) is 0.718. The summed E-state index contributed by atoms with van der Waals surface area (Å²) >= 11 is 0.